The number of carbonyl (C=O) groups is 1. The molecule has 0 bridgehead atoms. The quantitative estimate of drug-likeness (QED) is 0.728. The Morgan fingerprint density at radius 2 is 2.11 bits per heavy atom. The first-order valence-electron chi connectivity index (χ1n) is 5.94. The average Bonchev–Trinajstić information content (AvgIpc) is 2.90. The van der Waals surface area contributed by atoms with Crippen LogP contribution in [0.3, 0.4) is 0 Å². The molecule has 1 N–H and O–H groups in total. The van der Waals surface area contributed by atoms with Gasteiger partial charge in [0.05, 0.1) is 17.6 Å². The van der Waals surface area contributed by atoms with Crippen molar-refractivity contribution in [3.63, 3.8) is 0 Å². The van der Waals surface area contributed by atoms with Crippen molar-refractivity contribution in [3.8, 4) is 5.69 Å². The number of aromatic nitrogens is 2. The molecule has 94 valence electrons. The van der Waals surface area contributed by atoms with E-state index in [4.69, 9.17) is 0 Å². The Morgan fingerprint density at radius 1 is 1.21 bits per heavy atom. The SMILES string of the molecule is O=Cc1ccc2ncn(-c3cccc(CO)c3)c2c1. The van der Waals surface area contributed by atoms with Crippen molar-refractivity contribution < 1.29 is 9.90 Å². The van der Waals surface area contributed by atoms with E-state index in [2.05, 4.69) is 4.98 Å². The van der Waals surface area contributed by atoms with Gasteiger partial charge in [-0.1, -0.05) is 12.1 Å². The summed E-state index contributed by atoms with van der Waals surface area (Å²) in [4.78, 5) is 15.2. The smallest absolute Gasteiger partial charge is 0.150 e. The minimum absolute atomic E-state index is 0.0000570. The molecule has 3 aromatic rings. The molecule has 0 spiro atoms. The standard InChI is InChI=1S/C15H12N2O2/c18-8-11-2-1-3-13(6-11)17-10-16-14-5-4-12(9-19)7-15(14)17/h1-7,9-10,18H,8H2. The topological polar surface area (TPSA) is 55.1 Å². The van der Waals surface area contributed by atoms with E-state index in [9.17, 15) is 9.90 Å². The lowest BCUT2D eigenvalue weighted by Crippen LogP contribution is -1.94. The third-order valence-corrected chi connectivity index (χ3v) is 3.08. The van der Waals surface area contributed by atoms with Crippen molar-refractivity contribution >= 4 is 17.3 Å². The molecular formula is C15H12N2O2. The van der Waals surface area contributed by atoms with E-state index in [0.29, 0.717) is 5.56 Å². The minimum Gasteiger partial charge on any atom is -0.392 e. The minimum atomic E-state index is 0.0000570. The second-order valence-electron chi connectivity index (χ2n) is 4.31. The van der Waals surface area contributed by atoms with Gasteiger partial charge in [-0.3, -0.25) is 9.36 Å². The summed E-state index contributed by atoms with van der Waals surface area (Å²) < 4.78 is 1.90. The van der Waals surface area contributed by atoms with E-state index < -0.39 is 0 Å². The Hall–Kier alpha value is -2.46. The molecule has 0 radical (unpaired) electrons. The lowest BCUT2D eigenvalue weighted by atomic mass is 10.2. The number of benzene rings is 2. The van der Waals surface area contributed by atoms with Crippen LogP contribution in [0.25, 0.3) is 16.7 Å². The molecule has 1 heterocycles. The van der Waals surface area contributed by atoms with Crippen molar-refractivity contribution in [1.29, 1.82) is 0 Å². The molecule has 0 aliphatic heterocycles. The van der Waals surface area contributed by atoms with Crippen molar-refractivity contribution in [3.05, 3.63) is 59.9 Å². The summed E-state index contributed by atoms with van der Waals surface area (Å²) in [6.45, 7) is 0.0000570. The monoisotopic (exact) mass is 252 g/mol. The maximum absolute atomic E-state index is 10.9. The van der Waals surface area contributed by atoms with Crippen LogP contribution >= 0.6 is 0 Å². The zero-order valence-electron chi connectivity index (χ0n) is 10.2. The number of fused-ring (bicyclic) bond motifs is 1. The van der Waals surface area contributed by atoms with Gasteiger partial charge in [0.25, 0.3) is 0 Å². The summed E-state index contributed by atoms with van der Waals surface area (Å²) in [7, 11) is 0. The highest BCUT2D eigenvalue weighted by Gasteiger charge is 2.06. The van der Waals surface area contributed by atoms with Gasteiger partial charge in [-0.2, -0.15) is 0 Å². The van der Waals surface area contributed by atoms with E-state index in [1.807, 2.05) is 34.9 Å². The number of carbonyl (C=O) groups excluding carboxylic acids is 1. The van der Waals surface area contributed by atoms with E-state index in [1.165, 1.54) is 0 Å². The third kappa shape index (κ3) is 2.02. The van der Waals surface area contributed by atoms with Crippen LogP contribution in [-0.2, 0) is 6.61 Å². The van der Waals surface area contributed by atoms with Crippen LogP contribution in [0.2, 0.25) is 0 Å². The molecule has 19 heavy (non-hydrogen) atoms. The van der Waals surface area contributed by atoms with Crippen LogP contribution in [0.5, 0.6) is 0 Å². The Kier molecular flexibility index (Phi) is 2.85. The number of aliphatic hydroxyl groups is 1. The fourth-order valence-electron chi connectivity index (χ4n) is 2.11. The summed E-state index contributed by atoms with van der Waals surface area (Å²) in [5, 5.41) is 9.18. The summed E-state index contributed by atoms with van der Waals surface area (Å²) >= 11 is 0. The molecule has 2 aromatic carbocycles. The van der Waals surface area contributed by atoms with Crippen LogP contribution in [0.15, 0.2) is 48.8 Å². The Bertz CT molecular complexity index is 747. The van der Waals surface area contributed by atoms with E-state index in [1.54, 1.807) is 18.5 Å². The molecule has 1 aromatic heterocycles. The fourth-order valence-corrected chi connectivity index (χ4v) is 2.11. The van der Waals surface area contributed by atoms with Crippen LogP contribution in [0.1, 0.15) is 15.9 Å². The van der Waals surface area contributed by atoms with E-state index in [-0.39, 0.29) is 6.61 Å². The van der Waals surface area contributed by atoms with Gasteiger partial charge in [0.1, 0.15) is 12.6 Å². The third-order valence-electron chi connectivity index (χ3n) is 3.08. The number of hydrogen-bond donors (Lipinski definition) is 1. The van der Waals surface area contributed by atoms with Crippen LogP contribution in [0, 0.1) is 0 Å². The first-order chi connectivity index (χ1) is 9.31. The summed E-state index contributed by atoms with van der Waals surface area (Å²) in [5.41, 5.74) is 4.08. The number of aldehydes is 1. The highest BCUT2D eigenvalue weighted by Crippen LogP contribution is 2.20. The van der Waals surface area contributed by atoms with Gasteiger partial charge in [0.2, 0.25) is 0 Å². The first-order valence-corrected chi connectivity index (χ1v) is 5.94. The average molecular weight is 252 g/mol. The van der Waals surface area contributed by atoms with E-state index >= 15 is 0 Å². The molecule has 4 heteroatoms. The highest BCUT2D eigenvalue weighted by molar-refractivity contribution is 5.85. The van der Waals surface area contributed by atoms with Gasteiger partial charge in [0, 0.05) is 11.3 Å². The molecule has 4 nitrogen and oxygen atoms in total. The van der Waals surface area contributed by atoms with Gasteiger partial charge in [-0.25, -0.2) is 4.98 Å². The predicted molar refractivity (Wildman–Crippen MR) is 72.4 cm³/mol. The number of imidazole rings is 1. The van der Waals surface area contributed by atoms with Crippen molar-refractivity contribution in [2.75, 3.05) is 0 Å². The van der Waals surface area contributed by atoms with Crippen LogP contribution < -0.4 is 0 Å². The molecule has 0 saturated heterocycles. The van der Waals surface area contributed by atoms with Gasteiger partial charge in [-0.05, 0) is 35.9 Å². The molecule has 0 unspecified atom stereocenters. The summed E-state index contributed by atoms with van der Waals surface area (Å²) in [6.07, 6.45) is 2.54. The molecule has 0 fully saturated rings. The molecule has 0 saturated carbocycles. The Labute approximate surface area is 109 Å². The van der Waals surface area contributed by atoms with Crippen LogP contribution in [0.4, 0.5) is 0 Å². The summed E-state index contributed by atoms with van der Waals surface area (Å²) in [5.74, 6) is 0. The van der Waals surface area contributed by atoms with Gasteiger partial charge >= 0.3 is 0 Å². The summed E-state index contributed by atoms with van der Waals surface area (Å²) in [6, 6.07) is 13.0. The van der Waals surface area contributed by atoms with Crippen LogP contribution in [-0.4, -0.2) is 20.9 Å². The van der Waals surface area contributed by atoms with E-state index in [0.717, 1.165) is 28.6 Å². The second kappa shape index (κ2) is 4.66. The van der Waals surface area contributed by atoms with Crippen molar-refractivity contribution in [2.24, 2.45) is 0 Å². The van der Waals surface area contributed by atoms with Crippen molar-refractivity contribution in [2.45, 2.75) is 6.61 Å². The molecule has 3 rings (SSSR count). The number of nitrogens with zero attached hydrogens (tertiary/aromatic N) is 2. The normalized spacial score (nSPS) is 10.8. The lowest BCUT2D eigenvalue weighted by molar-refractivity contribution is 0.112. The number of hydrogen-bond acceptors (Lipinski definition) is 3. The lowest BCUT2D eigenvalue weighted by Gasteiger charge is -2.06. The largest absolute Gasteiger partial charge is 0.392 e. The Morgan fingerprint density at radius 3 is 2.89 bits per heavy atom. The molecule has 0 amide bonds. The van der Waals surface area contributed by atoms with Crippen molar-refractivity contribution in [1.82, 2.24) is 9.55 Å². The number of rotatable bonds is 3. The molecule has 0 aliphatic rings. The zero-order valence-corrected chi connectivity index (χ0v) is 10.2. The maximum Gasteiger partial charge on any atom is 0.150 e. The Balaban J connectivity index is 2.20. The maximum atomic E-state index is 10.9. The molecular weight excluding hydrogens is 240 g/mol. The fraction of sp³-hybridized carbons (Fsp3) is 0.0667. The van der Waals surface area contributed by atoms with Gasteiger partial charge in [-0.15, -0.1) is 0 Å². The second-order valence-corrected chi connectivity index (χ2v) is 4.31. The van der Waals surface area contributed by atoms with Gasteiger partial charge < -0.3 is 5.11 Å². The first kappa shape index (κ1) is 11.6. The molecule has 0 atom stereocenters. The zero-order chi connectivity index (χ0) is 13.2. The molecule has 0 aliphatic carbocycles. The highest BCUT2D eigenvalue weighted by atomic mass is 16.3. The van der Waals surface area contributed by atoms with Gasteiger partial charge in [0.15, 0.2) is 0 Å². The number of aliphatic hydroxyl groups excluding tert-OH is 1. The predicted octanol–water partition coefficient (Wildman–Crippen LogP) is 2.33.